The highest BCUT2D eigenvalue weighted by atomic mass is 32.1. The molecule has 20 heavy (non-hydrogen) atoms. The van der Waals surface area contributed by atoms with Crippen LogP contribution >= 0.6 is 11.3 Å². The van der Waals surface area contributed by atoms with E-state index in [0.717, 1.165) is 0 Å². The molecule has 1 aromatic rings. The maximum absolute atomic E-state index is 11.8. The number of ketones is 1. The van der Waals surface area contributed by atoms with Gasteiger partial charge in [-0.3, -0.25) is 10.1 Å². The summed E-state index contributed by atoms with van der Waals surface area (Å²) in [5.74, 6) is -0.0964. The molecule has 1 amide bonds. The summed E-state index contributed by atoms with van der Waals surface area (Å²) in [6, 6.07) is 1.64. The van der Waals surface area contributed by atoms with E-state index >= 15 is 0 Å². The van der Waals surface area contributed by atoms with E-state index in [4.69, 9.17) is 4.74 Å². The van der Waals surface area contributed by atoms with E-state index in [1.165, 1.54) is 17.4 Å². The van der Waals surface area contributed by atoms with Gasteiger partial charge in [0.1, 0.15) is 5.60 Å². The van der Waals surface area contributed by atoms with Crippen molar-refractivity contribution in [2.24, 2.45) is 0 Å². The minimum atomic E-state index is -0.548. The summed E-state index contributed by atoms with van der Waals surface area (Å²) in [6.45, 7) is 5.38. The van der Waals surface area contributed by atoms with E-state index in [2.05, 4.69) is 5.32 Å². The highest BCUT2D eigenvalue weighted by Crippen LogP contribution is 2.21. The van der Waals surface area contributed by atoms with Crippen LogP contribution in [0.5, 0.6) is 0 Å². The van der Waals surface area contributed by atoms with Gasteiger partial charge in [-0.1, -0.05) is 0 Å². The Bertz CT molecular complexity index is 513. The molecule has 1 aromatic heterocycles. The molecule has 0 radical (unpaired) electrons. The lowest BCUT2D eigenvalue weighted by Gasteiger charge is -2.19. The smallest absolute Gasteiger partial charge is 0.412 e. The van der Waals surface area contributed by atoms with Crippen LogP contribution in [-0.4, -0.2) is 36.5 Å². The lowest BCUT2D eigenvalue weighted by molar-refractivity contribution is 0.0635. The lowest BCUT2D eigenvalue weighted by Crippen LogP contribution is -2.27. The fraction of sp³-hybridized carbons (Fsp3) is 0.429. The molecule has 0 bridgehead atoms. The number of nitrogens with one attached hydrogen (secondary N) is 1. The average molecular weight is 296 g/mol. The summed E-state index contributed by atoms with van der Waals surface area (Å²) in [6.07, 6.45) is 2.64. The molecule has 0 saturated heterocycles. The molecule has 5 nitrogen and oxygen atoms in total. The van der Waals surface area contributed by atoms with E-state index in [-0.39, 0.29) is 5.78 Å². The molecule has 0 atom stereocenters. The standard InChI is InChI=1S/C14H20N2O3S/c1-14(2,3)19-13(18)15-10-8-12(20-9-10)11(17)6-7-16(4)5/h6-9H,1-5H3,(H,15,18). The topological polar surface area (TPSA) is 58.6 Å². The van der Waals surface area contributed by atoms with Crippen molar-refractivity contribution in [3.63, 3.8) is 0 Å². The number of hydrogen-bond donors (Lipinski definition) is 1. The summed E-state index contributed by atoms with van der Waals surface area (Å²) < 4.78 is 5.14. The van der Waals surface area contributed by atoms with Crippen LogP contribution < -0.4 is 5.32 Å². The van der Waals surface area contributed by atoms with Crippen molar-refractivity contribution in [2.45, 2.75) is 26.4 Å². The first-order chi connectivity index (χ1) is 9.17. The summed E-state index contributed by atoms with van der Waals surface area (Å²) in [7, 11) is 3.68. The van der Waals surface area contributed by atoms with Gasteiger partial charge in [-0.25, -0.2) is 4.79 Å². The Balaban J connectivity index is 2.64. The number of thiophene rings is 1. The van der Waals surface area contributed by atoms with E-state index in [1.54, 1.807) is 43.3 Å². The third-order valence-electron chi connectivity index (χ3n) is 2.01. The average Bonchev–Trinajstić information content (AvgIpc) is 2.71. The van der Waals surface area contributed by atoms with Crippen LogP contribution in [0.2, 0.25) is 0 Å². The number of hydrogen-bond acceptors (Lipinski definition) is 5. The fourth-order valence-corrected chi connectivity index (χ4v) is 2.01. The molecule has 0 aliphatic carbocycles. The number of rotatable bonds is 4. The molecule has 1 N–H and O–H groups in total. The van der Waals surface area contributed by atoms with E-state index in [1.807, 2.05) is 14.1 Å². The first-order valence-electron chi connectivity index (χ1n) is 6.15. The molecule has 1 rings (SSSR count). The zero-order chi connectivity index (χ0) is 15.3. The van der Waals surface area contributed by atoms with Gasteiger partial charge in [-0.05, 0) is 26.8 Å². The maximum Gasteiger partial charge on any atom is 0.412 e. The van der Waals surface area contributed by atoms with Gasteiger partial charge in [0.05, 0.1) is 10.6 Å². The lowest BCUT2D eigenvalue weighted by atomic mass is 10.2. The van der Waals surface area contributed by atoms with E-state index < -0.39 is 11.7 Å². The maximum atomic E-state index is 11.8. The van der Waals surface area contributed by atoms with Crippen LogP contribution in [0.4, 0.5) is 10.5 Å². The zero-order valence-electron chi connectivity index (χ0n) is 12.4. The SMILES string of the molecule is CN(C)C=CC(=O)c1cc(NC(=O)OC(C)(C)C)cs1. The van der Waals surface area contributed by atoms with Gasteiger partial charge in [0.15, 0.2) is 5.78 Å². The second-order valence-electron chi connectivity index (χ2n) is 5.47. The van der Waals surface area contributed by atoms with Crippen molar-refractivity contribution in [3.05, 3.63) is 28.6 Å². The van der Waals surface area contributed by atoms with Gasteiger partial charge < -0.3 is 9.64 Å². The van der Waals surface area contributed by atoms with Gasteiger partial charge in [0, 0.05) is 31.8 Å². The van der Waals surface area contributed by atoms with Crippen LogP contribution in [-0.2, 0) is 4.74 Å². The third kappa shape index (κ3) is 5.88. The monoisotopic (exact) mass is 296 g/mol. The Morgan fingerprint density at radius 1 is 1.35 bits per heavy atom. The van der Waals surface area contributed by atoms with Gasteiger partial charge in [0.25, 0.3) is 0 Å². The summed E-state index contributed by atoms with van der Waals surface area (Å²) in [4.78, 5) is 25.8. The highest BCUT2D eigenvalue weighted by molar-refractivity contribution is 7.12. The molecule has 0 unspecified atom stereocenters. The predicted octanol–water partition coefficient (Wildman–Crippen LogP) is 3.35. The quantitative estimate of drug-likeness (QED) is 0.684. The molecular weight excluding hydrogens is 276 g/mol. The largest absolute Gasteiger partial charge is 0.444 e. The number of ether oxygens (including phenoxy) is 1. The highest BCUT2D eigenvalue weighted by Gasteiger charge is 2.17. The fourth-order valence-electron chi connectivity index (χ4n) is 1.25. The summed E-state index contributed by atoms with van der Waals surface area (Å²) in [5, 5.41) is 4.31. The predicted molar refractivity (Wildman–Crippen MR) is 81.3 cm³/mol. The van der Waals surface area contributed by atoms with Crippen molar-refractivity contribution < 1.29 is 14.3 Å². The molecule has 0 saturated carbocycles. The van der Waals surface area contributed by atoms with Gasteiger partial charge in [-0.2, -0.15) is 0 Å². The van der Waals surface area contributed by atoms with Crippen LogP contribution in [0, 0.1) is 0 Å². The first kappa shape index (κ1) is 16.2. The molecule has 110 valence electrons. The minimum Gasteiger partial charge on any atom is -0.444 e. The van der Waals surface area contributed by atoms with Crippen LogP contribution in [0.15, 0.2) is 23.7 Å². The molecular formula is C14H20N2O3S. The summed E-state index contributed by atoms with van der Waals surface area (Å²) in [5.41, 5.74) is 0.0126. The number of allylic oxidation sites excluding steroid dienone is 1. The number of anilines is 1. The van der Waals surface area contributed by atoms with Crippen LogP contribution in [0.25, 0.3) is 0 Å². The summed E-state index contributed by atoms with van der Waals surface area (Å²) >= 11 is 1.28. The normalized spacial score (nSPS) is 11.4. The Kier molecular flexibility index (Phi) is 5.33. The molecule has 1 heterocycles. The molecule has 0 aliphatic heterocycles. The van der Waals surface area contributed by atoms with Crippen molar-refractivity contribution in [3.8, 4) is 0 Å². The minimum absolute atomic E-state index is 0.0964. The van der Waals surface area contributed by atoms with Gasteiger partial charge >= 0.3 is 6.09 Å². The van der Waals surface area contributed by atoms with Crippen molar-refractivity contribution in [2.75, 3.05) is 19.4 Å². The zero-order valence-corrected chi connectivity index (χ0v) is 13.2. The van der Waals surface area contributed by atoms with Gasteiger partial charge in [-0.15, -0.1) is 11.3 Å². The molecule has 0 aromatic carbocycles. The number of nitrogens with zero attached hydrogens (tertiary/aromatic N) is 1. The van der Waals surface area contributed by atoms with Crippen molar-refractivity contribution >= 4 is 28.9 Å². The second-order valence-corrected chi connectivity index (χ2v) is 6.38. The van der Waals surface area contributed by atoms with Crippen LogP contribution in [0.1, 0.15) is 30.4 Å². The second kappa shape index (κ2) is 6.56. The van der Waals surface area contributed by atoms with E-state index in [0.29, 0.717) is 10.6 Å². The Hall–Kier alpha value is -1.82. The Morgan fingerprint density at radius 2 is 2.00 bits per heavy atom. The molecule has 6 heteroatoms. The van der Waals surface area contributed by atoms with E-state index in [9.17, 15) is 9.59 Å². The number of carbonyl (C=O) groups is 2. The van der Waals surface area contributed by atoms with Crippen molar-refractivity contribution in [1.29, 1.82) is 0 Å². The molecule has 0 spiro atoms. The third-order valence-corrected chi connectivity index (χ3v) is 2.96. The molecule has 0 aliphatic rings. The van der Waals surface area contributed by atoms with Crippen molar-refractivity contribution in [1.82, 2.24) is 4.90 Å². The molecule has 0 fully saturated rings. The first-order valence-corrected chi connectivity index (χ1v) is 7.03. The number of amides is 1. The Morgan fingerprint density at radius 3 is 2.55 bits per heavy atom. The Labute approximate surface area is 123 Å². The van der Waals surface area contributed by atoms with Crippen LogP contribution in [0.3, 0.4) is 0 Å². The number of carbonyl (C=O) groups excluding carboxylic acids is 2. The van der Waals surface area contributed by atoms with Gasteiger partial charge in [0.2, 0.25) is 0 Å².